The van der Waals surface area contributed by atoms with Crippen molar-refractivity contribution in [3.05, 3.63) is 0 Å². The maximum atomic E-state index is 2.44. The monoisotopic (exact) mass is 226 g/mol. The topological polar surface area (TPSA) is 0 Å². The first-order chi connectivity index (χ1) is 7.81. The summed E-state index contributed by atoms with van der Waals surface area (Å²) in [6.07, 6.45) is 17.6. The van der Waals surface area contributed by atoms with Crippen molar-refractivity contribution in [2.45, 2.75) is 97.8 Å². The van der Waals surface area contributed by atoms with Crippen LogP contribution in [0.3, 0.4) is 0 Å². The molecule has 1 fully saturated rings. The third-order valence-electron chi connectivity index (χ3n) is 3.39. The lowest BCUT2D eigenvalue weighted by molar-refractivity contribution is 0.420. The molecule has 0 heterocycles. The summed E-state index contributed by atoms with van der Waals surface area (Å²) in [5.41, 5.74) is 0. The van der Waals surface area contributed by atoms with Crippen molar-refractivity contribution in [3.63, 3.8) is 0 Å². The van der Waals surface area contributed by atoms with Crippen molar-refractivity contribution in [1.82, 2.24) is 0 Å². The van der Waals surface area contributed by atoms with Gasteiger partial charge < -0.3 is 0 Å². The molecule has 0 unspecified atom stereocenters. The third kappa shape index (κ3) is 12.1. The summed E-state index contributed by atoms with van der Waals surface area (Å²) in [5, 5.41) is 0. The number of hydrogen-bond donors (Lipinski definition) is 0. The molecule has 0 saturated heterocycles. The molecule has 1 aliphatic rings. The molecule has 0 spiro atoms. The first-order valence-corrected chi connectivity index (χ1v) is 7.81. The van der Waals surface area contributed by atoms with Crippen LogP contribution in [-0.2, 0) is 0 Å². The quantitative estimate of drug-likeness (QED) is 0.452. The van der Waals surface area contributed by atoms with Gasteiger partial charge in [-0.25, -0.2) is 0 Å². The standard InChI is InChI=1S/C13H26.C3H8/c1-13-11-9-7-5-3-2-4-6-8-10-12-13;1-3-2/h13H,2-12H2,1H3;3H2,1-2H3. The highest BCUT2D eigenvalue weighted by Gasteiger charge is 2.03. The summed E-state index contributed by atoms with van der Waals surface area (Å²) in [6.45, 7) is 6.69. The van der Waals surface area contributed by atoms with Crippen LogP contribution in [0.25, 0.3) is 0 Å². The van der Waals surface area contributed by atoms with E-state index >= 15 is 0 Å². The Hall–Kier alpha value is 0. The van der Waals surface area contributed by atoms with Gasteiger partial charge in [0.05, 0.1) is 0 Å². The van der Waals surface area contributed by atoms with Crippen LogP contribution in [0, 0.1) is 5.92 Å². The Kier molecular flexibility index (Phi) is 13.1. The lowest BCUT2D eigenvalue weighted by atomic mass is 9.94. The third-order valence-corrected chi connectivity index (χ3v) is 3.39. The summed E-state index contributed by atoms with van der Waals surface area (Å²) in [6, 6.07) is 0. The molecule has 1 saturated carbocycles. The van der Waals surface area contributed by atoms with Crippen LogP contribution in [0.4, 0.5) is 0 Å². The molecule has 98 valence electrons. The van der Waals surface area contributed by atoms with Crippen LogP contribution in [0.2, 0.25) is 0 Å². The molecule has 0 aromatic heterocycles. The second-order valence-electron chi connectivity index (χ2n) is 5.57. The molecule has 0 aromatic carbocycles. The molecule has 0 aliphatic heterocycles. The van der Waals surface area contributed by atoms with E-state index in [2.05, 4.69) is 20.8 Å². The SMILES string of the molecule is CC1CCCCCCCCCCC1.CCC. The maximum Gasteiger partial charge on any atom is -0.0443 e. The minimum Gasteiger partial charge on any atom is -0.0656 e. The molecule has 0 atom stereocenters. The van der Waals surface area contributed by atoms with E-state index in [0.717, 1.165) is 5.92 Å². The van der Waals surface area contributed by atoms with Gasteiger partial charge in [-0.05, 0) is 5.92 Å². The summed E-state index contributed by atoms with van der Waals surface area (Å²) < 4.78 is 0. The van der Waals surface area contributed by atoms with Gasteiger partial charge in [-0.3, -0.25) is 0 Å². The summed E-state index contributed by atoms with van der Waals surface area (Å²) in [4.78, 5) is 0. The molecule has 1 aliphatic carbocycles. The first kappa shape index (κ1) is 16.0. The number of rotatable bonds is 0. The molecule has 0 aromatic rings. The van der Waals surface area contributed by atoms with E-state index in [1.807, 2.05) is 0 Å². The van der Waals surface area contributed by atoms with Gasteiger partial charge in [0.25, 0.3) is 0 Å². The highest BCUT2D eigenvalue weighted by molar-refractivity contribution is 4.57. The van der Waals surface area contributed by atoms with Gasteiger partial charge in [0.15, 0.2) is 0 Å². The van der Waals surface area contributed by atoms with Gasteiger partial charge in [-0.2, -0.15) is 0 Å². The molecule has 1 rings (SSSR count). The van der Waals surface area contributed by atoms with Gasteiger partial charge in [-0.1, -0.05) is 97.8 Å². The van der Waals surface area contributed by atoms with Gasteiger partial charge in [0.2, 0.25) is 0 Å². The molecule has 0 amide bonds. The van der Waals surface area contributed by atoms with Crippen LogP contribution in [0.1, 0.15) is 97.8 Å². The van der Waals surface area contributed by atoms with Gasteiger partial charge >= 0.3 is 0 Å². The molecule has 0 bridgehead atoms. The Morgan fingerprint density at radius 1 is 0.625 bits per heavy atom. The van der Waals surface area contributed by atoms with E-state index in [0.29, 0.717) is 0 Å². The van der Waals surface area contributed by atoms with E-state index in [1.54, 1.807) is 0 Å². The molecule has 0 heteroatoms. The fraction of sp³-hybridized carbons (Fsp3) is 1.00. The Morgan fingerprint density at radius 2 is 0.875 bits per heavy atom. The van der Waals surface area contributed by atoms with Crippen molar-refractivity contribution in [1.29, 1.82) is 0 Å². The second kappa shape index (κ2) is 13.1. The fourth-order valence-electron chi connectivity index (χ4n) is 2.37. The van der Waals surface area contributed by atoms with Crippen LogP contribution >= 0.6 is 0 Å². The van der Waals surface area contributed by atoms with E-state index in [-0.39, 0.29) is 0 Å². The highest BCUT2D eigenvalue weighted by Crippen LogP contribution is 2.20. The highest BCUT2D eigenvalue weighted by atomic mass is 14.1. The Bertz CT molecular complexity index is 105. The lowest BCUT2D eigenvalue weighted by Gasteiger charge is -2.12. The average Bonchev–Trinajstić information content (AvgIpc) is 2.24. The van der Waals surface area contributed by atoms with Crippen molar-refractivity contribution in [2.24, 2.45) is 5.92 Å². The largest absolute Gasteiger partial charge is 0.0656 e. The Morgan fingerprint density at radius 3 is 1.19 bits per heavy atom. The van der Waals surface area contributed by atoms with Crippen molar-refractivity contribution < 1.29 is 0 Å². The summed E-state index contributed by atoms with van der Waals surface area (Å²) in [7, 11) is 0. The van der Waals surface area contributed by atoms with Crippen LogP contribution in [0.5, 0.6) is 0 Å². The summed E-state index contributed by atoms with van der Waals surface area (Å²) in [5.74, 6) is 0.999. The van der Waals surface area contributed by atoms with E-state index in [9.17, 15) is 0 Å². The predicted molar refractivity (Wildman–Crippen MR) is 75.9 cm³/mol. The first-order valence-electron chi connectivity index (χ1n) is 7.81. The lowest BCUT2D eigenvalue weighted by Crippen LogP contribution is -1.96. The summed E-state index contributed by atoms with van der Waals surface area (Å²) >= 11 is 0. The van der Waals surface area contributed by atoms with Gasteiger partial charge in [-0.15, -0.1) is 0 Å². The van der Waals surface area contributed by atoms with Crippen LogP contribution < -0.4 is 0 Å². The van der Waals surface area contributed by atoms with Crippen molar-refractivity contribution in [2.75, 3.05) is 0 Å². The fourth-order valence-corrected chi connectivity index (χ4v) is 2.37. The second-order valence-corrected chi connectivity index (χ2v) is 5.57. The molecular weight excluding hydrogens is 192 g/mol. The molecule has 0 radical (unpaired) electrons. The van der Waals surface area contributed by atoms with Crippen LogP contribution in [-0.4, -0.2) is 0 Å². The molecule has 0 N–H and O–H groups in total. The number of hydrogen-bond acceptors (Lipinski definition) is 0. The zero-order valence-corrected chi connectivity index (χ0v) is 12.1. The maximum absolute atomic E-state index is 2.44. The zero-order valence-electron chi connectivity index (χ0n) is 12.1. The predicted octanol–water partition coefficient (Wildman–Crippen LogP) is 6.34. The van der Waals surface area contributed by atoms with Crippen LogP contribution in [0.15, 0.2) is 0 Å². The van der Waals surface area contributed by atoms with E-state index in [4.69, 9.17) is 0 Å². The molecule has 16 heavy (non-hydrogen) atoms. The normalized spacial score (nSPS) is 21.2. The minimum atomic E-state index is 0.999. The van der Waals surface area contributed by atoms with E-state index in [1.165, 1.54) is 77.0 Å². The zero-order chi connectivity index (χ0) is 12.1. The minimum absolute atomic E-state index is 0.999. The van der Waals surface area contributed by atoms with Crippen molar-refractivity contribution in [3.8, 4) is 0 Å². The van der Waals surface area contributed by atoms with E-state index < -0.39 is 0 Å². The average molecular weight is 226 g/mol. The molecule has 0 nitrogen and oxygen atoms in total. The Balaban J connectivity index is 0.000000673. The smallest absolute Gasteiger partial charge is 0.0443 e. The Labute approximate surface area is 104 Å². The van der Waals surface area contributed by atoms with Crippen molar-refractivity contribution >= 4 is 0 Å². The molecular formula is C16H34. The van der Waals surface area contributed by atoms with Gasteiger partial charge in [0, 0.05) is 0 Å². The van der Waals surface area contributed by atoms with Gasteiger partial charge in [0.1, 0.15) is 0 Å².